The first-order chi connectivity index (χ1) is 14.0. The summed E-state index contributed by atoms with van der Waals surface area (Å²) in [5, 5.41) is 4.29. The van der Waals surface area contributed by atoms with E-state index >= 15 is 0 Å². The fraction of sp³-hybridized carbons (Fsp3) is 0.435. The van der Waals surface area contributed by atoms with Crippen molar-refractivity contribution >= 4 is 40.9 Å². The van der Waals surface area contributed by atoms with Crippen LogP contribution < -0.4 is 5.32 Å². The fourth-order valence-electron chi connectivity index (χ4n) is 3.65. The SMILES string of the molecule is Cc1ccccc1CN1CCCC(C(=O)NCCSCc2ccc(Cl)c(Cl)c2)C1. The van der Waals surface area contributed by atoms with Gasteiger partial charge in [0.25, 0.3) is 0 Å². The second kappa shape index (κ2) is 11.3. The third-order valence-corrected chi connectivity index (χ3v) is 7.10. The third-order valence-electron chi connectivity index (χ3n) is 5.33. The van der Waals surface area contributed by atoms with Gasteiger partial charge in [-0.2, -0.15) is 11.8 Å². The first-order valence-electron chi connectivity index (χ1n) is 10.1. The van der Waals surface area contributed by atoms with E-state index in [2.05, 4.69) is 41.4 Å². The lowest BCUT2D eigenvalue weighted by molar-refractivity contribution is -0.126. The topological polar surface area (TPSA) is 32.3 Å². The van der Waals surface area contributed by atoms with Crippen molar-refractivity contribution in [2.45, 2.75) is 32.1 Å². The molecule has 1 atom stereocenters. The molecular weight excluding hydrogens is 423 g/mol. The summed E-state index contributed by atoms with van der Waals surface area (Å²) < 4.78 is 0. The molecule has 0 bridgehead atoms. The summed E-state index contributed by atoms with van der Waals surface area (Å²) in [6, 6.07) is 14.2. The lowest BCUT2D eigenvalue weighted by Crippen LogP contribution is -2.43. The molecule has 3 rings (SSSR count). The van der Waals surface area contributed by atoms with E-state index < -0.39 is 0 Å². The van der Waals surface area contributed by atoms with Crippen molar-refractivity contribution in [1.82, 2.24) is 10.2 Å². The molecule has 1 heterocycles. The van der Waals surface area contributed by atoms with Crippen LogP contribution in [0.1, 0.15) is 29.5 Å². The van der Waals surface area contributed by atoms with Gasteiger partial charge in [-0.3, -0.25) is 9.69 Å². The zero-order valence-corrected chi connectivity index (χ0v) is 19.1. The van der Waals surface area contributed by atoms with Crippen molar-refractivity contribution in [2.24, 2.45) is 5.92 Å². The first kappa shape index (κ1) is 22.5. The zero-order chi connectivity index (χ0) is 20.6. The van der Waals surface area contributed by atoms with E-state index in [9.17, 15) is 4.79 Å². The second-order valence-electron chi connectivity index (χ2n) is 7.59. The van der Waals surface area contributed by atoms with Gasteiger partial charge >= 0.3 is 0 Å². The highest BCUT2D eigenvalue weighted by molar-refractivity contribution is 7.98. The summed E-state index contributed by atoms with van der Waals surface area (Å²) in [5.41, 5.74) is 3.82. The van der Waals surface area contributed by atoms with Gasteiger partial charge in [-0.25, -0.2) is 0 Å². The molecule has 29 heavy (non-hydrogen) atoms. The van der Waals surface area contributed by atoms with Crippen LogP contribution in [0.2, 0.25) is 10.0 Å². The molecule has 0 saturated carbocycles. The molecule has 2 aromatic carbocycles. The van der Waals surface area contributed by atoms with Crippen LogP contribution >= 0.6 is 35.0 Å². The molecule has 0 spiro atoms. The van der Waals surface area contributed by atoms with Gasteiger partial charge in [-0.05, 0) is 55.1 Å². The minimum atomic E-state index is 0.0906. The molecule has 0 aliphatic carbocycles. The Bertz CT molecular complexity index is 830. The van der Waals surface area contributed by atoms with Crippen molar-refractivity contribution in [3.8, 4) is 0 Å². The van der Waals surface area contributed by atoms with Gasteiger partial charge in [-0.1, -0.05) is 53.5 Å². The molecule has 0 radical (unpaired) electrons. The maximum absolute atomic E-state index is 12.6. The van der Waals surface area contributed by atoms with Gasteiger partial charge in [0.2, 0.25) is 5.91 Å². The van der Waals surface area contributed by atoms with E-state index in [0.717, 1.165) is 49.5 Å². The molecule has 1 fully saturated rings. The largest absolute Gasteiger partial charge is 0.355 e. The summed E-state index contributed by atoms with van der Waals surface area (Å²) in [6.07, 6.45) is 2.06. The fourth-order valence-corrected chi connectivity index (χ4v) is 4.78. The number of nitrogens with one attached hydrogen (secondary N) is 1. The third kappa shape index (κ3) is 6.92. The van der Waals surface area contributed by atoms with Gasteiger partial charge in [0.05, 0.1) is 16.0 Å². The van der Waals surface area contributed by atoms with Crippen LogP contribution in [0.5, 0.6) is 0 Å². The summed E-state index contributed by atoms with van der Waals surface area (Å²) in [5.74, 6) is 2.02. The number of nitrogens with zero attached hydrogens (tertiary/aromatic N) is 1. The molecule has 2 aromatic rings. The average molecular weight is 451 g/mol. The Kier molecular flexibility index (Phi) is 8.73. The number of benzene rings is 2. The highest BCUT2D eigenvalue weighted by atomic mass is 35.5. The number of aryl methyl sites for hydroxylation is 1. The monoisotopic (exact) mass is 450 g/mol. The Morgan fingerprint density at radius 2 is 2.03 bits per heavy atom. The van der Waals surface area contributed by atoms with Crippen LogP contribution in [0.15, 0.2) is 42.5 Å². The number of thioether (sulfide) groups is 1. The van der Waals surface area contributed by atoms with E-state index in [1.807, 2.05) is 18.2 Å². The number of amides is 1. The minimum Gasteiger partial charge on any atom is -0.355 e. The number of piperidine rings is 1. The van der Waals surface area contributed by atoms with Crippen molar-refractivity contribution in [2.75, 3.05) is 25.4 Å². The van der Waals surface area contributed by atoms with Crippen molar-refractivity contribution in [3.05, 3.63) is 69.2 Å². The van der Waals surface area contributed by atoms with Crippen LogP contribution in [0.25, 0.3) is 0 Å². The standard InChI is InChI=1S/C23H28Cl2N2OS/c1-17-5-2-3-6-19(17)14-27-11-4-7-20(15-27)23(28)26-10-12-29-16-18-8-9-21(24)22(25)13-18/h2-3,5-6,8-9,13,20H,4,7,10-12,14-16H2,1H3,(H,26,28). The molecule has 1 N–H and O–H groups in total. The molecule has 1 amide bonds. The average Bonchev–Trinajstić information content (AvgIpc) is 2.72. The Hall–Kier alpha value is -1.20. The minimum absolute atomic E-state index is 0.0906. The second-order valence-corrected chi connectivity index (χ2v) is 9.51. The molecule has 1 unspecified atom stereocenters. The summed E-state index contributed by atoms with van der Waals surface area (Å²) in [6.45, 7) is 5.68. The van der Waals surface area contributed by atoms with E-state index in [-0.39, 0.29) is 11.8 Å². The maximum Gasteiger partial charge on any atom is 0.224 e. The van der Waals surface area contributed by atoms with E-state index in [4.69, 9.17) is 23.2 Å². The number of hydrogen-bond donors (Lipinski definition) is 1. The smallest absolute Gasteiger partial charge is 0.224 e. The van der Waals surface area contributed by atoms with Crippen LogP contribution in [0.3, 0.4) is 0 Å². The van der Waals surface area contributed by atoms with Crippen LogP contribution in [0.4, 0.5) is 0 Å². The number of halogens is 2. The van der Waals surface area contributed by atoms with Crippen LogP contribution in [-0.4, -0.2) is 36.2 Å². The number of rotatable bonds is 8. The first-order valence-corrected chi connectivity index (χ1v) is 12.0. The van der Waals surface area contributed by atoms with Crippen molar-refractivity contribution in [1.29, 1.82) is 0 Å². The highest BCUT2D eigenvalue weighted by Gasteiger charge is 2.25. The quantitative estimate of drug-likeness (QED) is 0.533. The molecule has 156 valence electrons. The molecular formula is C23H28Cl2N2OS. The van der Waals surface area contributed by atoms with E-state index in [0.29, 0.717) is 16.6 Å². The number of likely N-dealkylation sites (tertiary alicyclic amines) is 1. The number of carbonyl (C=O) groups is 1. The Labute approximate surface area is 188 Å². The molecule has 1 saturated heterocycles. The molecule has 1 aliphatic rings. The Morgan fingerprint density at radius 1 is 1.21 bits per heavy atom. The normalized spacial score (nSPS) is 17.3. The number of carbonyl (C=O) groups excluding carboxylic acids is 1. The van der Waals surface area contributed by atoms with Crippen LogP contribution in [0, 0.1) is 12.8 Å². The molecule has 3 nitrogen and oxygen atoms in total. The zero-order valence-electron chi connectivity index (χ0n) is 16.8. The van der Waals surface area contributed by atoms with E-state index in [1.165, 1.54) is 11.1 Å². The summed E-state index contributed by atoms with van der Waals surface area (Å²) in [4.78, 5) is 15.0. The lowest BCUT2D eigenvalue weighted by atomic mass is 9.96. The lowest BCUT2D eigenvalue weighted by Gasteiger charge is -2.32. The Morgan fingerprint density at radius 3 is 2.83 bits per heavy atom. The van der Waals surface area contributed by atoms with Gasteiger partial charge < -0.3 is 5.32 Å². The molecule has 1 aliphatic heterocycles. The van der Waals surface area contributed by atoms with Gasteiger partial charge in [0.1, 0.15) is 0 Å². The molecule has 0 aromatic heterocycles. The predicted octanol–water partition coefficient (Wildman–Crippen LogP) is 5.56. The molecule has 6 heteroatoms. The van der Waals surface area contributed by atoms with Crippen molar-refractivity contribution in [3.63, 3.8) is 0 Å². The van der Waals surface area contributed by atoms with E-state index in [1.54, 1.807) is 11.8 Å². The summed E-state index contributed by atoms with van der Waals surface area (Å²) in [7, 11) is 0. The van der Waals surface area contributed by atoms with Gasteiger partial charge in [-0.15, -0.1) is 0 Å². The van der Waals surface area contributed by atoms with Crippen molar-refractivity contribution < 1.29 is 4.79 Å². The highest BCUT2D eigenvalue weighted by Crippen LogP contribution is 2.24. The van der Waals surface area contributed by atoms with Crippen LogP contribution in [-0.2, 0) is 17.1 Å². The Balaban J connectivity index is 1.37. The predicted molar refractivity (Wildman–Crippen MR) is 125 cm³/mol. The summed E-state index contributed by atoms with van der Waals surface area (Å²) >= 11 is 13.8. The number of hydrogen-bond acceptors (Lipinski definition) is 3. The maximum atomic E-state index is 12.6. The van der Waals surface area contributed by atoms with Gasteiger partial charge in [0, 0.05) is 31.1 Å². The van der Waals surface area contributed by atoms with Gasteiger partial charge in [0.15, 0.2) is 0 Å².